The van der Waals surface area contributed by atoms with E-state index in [0.29, 0.717) is 18.4 Å². The lowest BCUT2D eigenvalue weighted by Gasteiger charge is -2.17. The van der Waals surface area contributed by atoms with Crippen molar-refractivity contribution < 1.29 is 18.3 Å². The summed E-state index contributed by atoms with van der Waals surface area (Å²) in [5, 5.41) is 13.0. The molecule has 5 nitrogen and oxygen atoms in total. The van der Waals surface area contributed by atoms with E-state index in [9.17, 15) is 18.3 Å². The van der Waals surface area contributed by atoms with Gasteiger partial charge in [-0.15, -0.1) is 0 Å². The van der Waals surface area contributed by atoms with Crippen molar-refractivity contribution in [1.82, 2.24) is 0 Å². The third kappa shape index (κ3) is 2.37. The summed E-state index contributed by atoms with van der Waals surface area (Å²) in [6, 6.07) is 5.31. The molecule has 0 aliphatic carbocycles. The average Bonchev–Trinajstić information content (AvgIpc) is 2.88. The van der Waals surface area contributed by atoms with Gasteiger partial charge in [-0.25, -0.2) is 8.42 Å². The molecule has 102 valence electrons. The van der Waals surface area contributed by atoms with Crippen molar-refractivity contribution in [2.24, 2.45) is 5.92 Å². The Kier molecular flexibility index (Phi) is 2.87. The van der Waals surface area contributed by atoms with Crippen molar-refractivity contribution >= 4 is 21.4 Å². The van der Waals surface area contributed by atoms with E-state index < -0.39 is 15.9 Å². The van der Waals surface area contributed by atoms with Crippen LogP contribution in [0.3, 0.4) is 0 Å². The zero-order valence-electron chi connectivity index (χ0n) is 10.3. The van der Waals surface area contributed by atoms with Gasteiger partial charge in [0.2, 0.25) is 5.91 Å². The minimum absolute atomic E-state index is 0.0441. The first-order valence-corrected chi connectivity index (χ1v) is 8.08. The second kappa shape index (κ2) is 4.31. The largest absolute Gasteiger partial charge is 0.388 e. The summed E-state index contributed by atoms with van der Waals surface area (Å²) in [6.07, 6.45) is 0.0367. The number of rotatable bonds is 2. The minimum atomic E-state index is -3.00. The van der Waals surface area contributed by atoms with Crippen LogP contribution in [0.4, 0.5) is 5.69 Å². The summed E-state index contributed by atoms with van der Waals surface area (Å²) in [7, 11) is -3.00. The zero-order chi connectivity index (χ0) is 13.6. The Bertz CT molecular complexity index is 638. The van der Waals surface area contributed by atoms with Crippen LogP contribution in [0.1, 0.15) is 23.7 Å². The van der Waals surface area contributed by atoms with Crippen LogP contribution in [0.25, 0.3) is 0 Å². The lowest BCUT2D eigenvalue weighted by atomic mass is 9.94. The van der Waals surface area contributed by atoms with E-state index in [1.807, 2.05) is 0 Å². The van der Waals surface area contributed by atoms with Crippen LogP contribution < -0.4 is 5.32 Å². The Labute approximate surface area is 111 Å². The number of aliphatic hydroxyl groups excluding tert-OH is 1. The van der Waals surface area contributed by atoms with Gasteiger partial charge in [0.25, 0.3) is 0 Å². The first-order valence-electron chi connectivity index (χ1n) is 6.26. The van der Waals surface area contributed by atoms with Crippen molar-refractivity contribution in [3.8, 4) is 0 Å². The number of anilines is 1. The molecule has 0 radical (unpaired) electrons. The van der Waals surface area contributed by atoms with Gasteiger partial charge in [0.05, 0.1) is 24.0 Å². The summed E-state index contributed by atoms with van der Waals surface area (Å²) in [5.41, 5.74) is 2.33. The van der Waals surface area contributed by atoms with Crippen LogP contribution in [0.15, 0.2) is 18.2 Å². The second-order valence-corrected chi connectivity index (χ2v) is 7.48. The SMILES string of the molecule is O=C1Cc2cc(C(O)C3CCS(=O)(=O)C3)ccc2N1. The van der Waals surface area contributed by atoms with E-state index in [1.54, 1.807) is 18.2 Å². The molecule has 0 spiro atoms. The number of carbonyl (C=O) groups is 1. The van der Waals surface area contributed by atoms with Crippen molar-refractivity contribution in [1.29, 1.82) is 0 Å². The molecule has 2 aliphatic rings. The fourth-order valence-corrected chi connectivity index (χ4v) is 4.61. The Morgan fingerprint density at radius 3 is 2.84 bits per heavy atom. The first-order chi connectivity index (χ1) is 8.94. The van der Waals surface area contributed by atoms with Crippen LogP contribution in [0, 0.1) is 5.92 Å². The van der Waals surface area contributed by atoms with Crippen LogP contribution in [-0.2, 0) is 21.1 Å². The molecule has 6 heteroatoms. The van der Waals surface area contributed by atoms with Crippen molar-refractivity contribution in [2.45, 2.75) is 18.9 Å². The van der Waals surface area contributed by atoms with Crippen molar-refractivity contribution in [3.05, 3.63) is 29.3 Å². The molecule has 1 aromatic carbocycles. The molecule has 0 bridgehead atoms. The maximum Gasteiger partial charge on any atom is 0.228 e. The van der Waals surface area contributed by atoms with E-state index in [0.717, 1.165) is 11.3 Å². The topological polar surface area (TPSA) is 83.5 Å². The smallest absolute Gasteiger partial charge is 0.228 e. The number of hydrogen-bond acceptors (Lipinski definition) is 4. The monoisotopic (exact) mass is 281 g/mol. The van der Waals surface area contributed by atoms with Crippen LogP contribution in [-0.4, -0.2) is 30.9 Å². The molecular weight excluding hydrogens is 266 g/mol. The van der Waals surface area contributed by atoms with Gasteiger partial charge in [-0.2, -0.15) is 0 Å². The third-order valence-corrected chi connectivity index (χ3v) is 5.60. The van der Waals surface area contributed by atoms with E-state index in [2.05, 4.69) is 5.32 Å². The molecule has 0 saturated carbocycles. The Morgan fingerprint density at radius 1 is 1.37 bits per heavy atom. The highest BCUT2D eigenvalue weighted by molar-refractivity contribution is 7.91. The number of aliphatic hydroxyl groups is 1. The Hall–Kier alpha value is -1.40. The predicted octanol–water partition coefficient (Wildman–Crippen LogP) is 0.649. The molecule has 1 aromatic rings. The molecule has 1 saturated heterocycles. The number of benzene rings is 1. The van der Waals surface area contributed by atoms with Crippen molar-refractivity contribution in [2.75, 3.05) is 16.8 Å². The lowest BCUT2D eigenvalue weighted by molar-refractivity contribution is -0.115. The number of nitrogens with one attached hydrogen (secondary N) is 1. The molecule has 1 amide bonds. The van der Waals surface area contributed by atoms with Gasteiger partial charge in [0, 0.05) is 11.6 Å². The highest BCUT2D eigenvalue weighted by Crippen LogP contribution is 2.34. The first kappa shape index (κ1) is 12.6. The summed E-state index contributed by atoms with van der Waals surface area (Å²) >= 11 is 0. The van der Waals surface area contributed by atoms with Gasteiger partial charge >= 0.3 is 0 Å². The van der Waals surface area contributed by atoms with E-state index >= 15 is 0 Å². The molecule has 2 atom stereocenters. The van der Waals surface area contributed by atoms with E-state index in [1.165, 1.54) is 0 Å². The predicted molar refractivity (Wildman–Crippen MR) is 70.5 cm³/mol. The molecule has 2 N–H and O–H groups in total. The van der Waals surface area contributed by atoms with E-state index in [-0.39, 0.29) is 23.3 Å². The molecule has 2 aliphatic heterocycles. The molecule has 1 fully saturated rings. The highest BCUT2D eigenvalue weighted by Gasteiger charge is 2.34. The van der Waals surface area contributed by atoms with Crippen LogP contribution >= 0.6 is 0 Å². The molecule has 19 heavy (non-hydrogen) atoms. The Morgan fingerprint density at radius 2 is 2.16 bits per heavy atom. The van der Waals surface area contributed by atoms with Gasteiger partial charge in [0.15, 0.2) is 9.84 Å². The van der Waals surface area contributed by atoms with Gasteiger partial charge in [0.1, 0.15) is 0 Å². The number of amides is 1. The Balaban J connectivity index is 1.83. The summed E-state index contributed by atoms with van der Waals surface area (Å²) < 4.78 is 22.9. The second-order valence-electron chi connectivity index (χ2n) is 5.25. The summed E-state index contributed by atoms with van der Waals surface area (Å²) in [5.74, 6) is -0.0968. The number of fused-ring (bicyclic) bond motifs is 1. The normalized spacial score (nSPS) is 25.9. The van der Waals surface area contributed by atoms with Gasteiger partial charge in [-0.3, -0.25) is 4.79 Å². The quantitative estimate of drug-likeness (QED) is 0.833. The number of hydrogen-bond donors (Lipinski definition) is 2. The lowest BCUT2D eigenvalue weighted by Crippen LogP contribution is -2.14. The highest BCUT2D eigenvalue weighted by atomic mass is 32.2. The molecule has 3 rings (SSSR count). The molecule has 2 unspecified atom stereocenters. The number of carbonyl (C=O) groups excluding carboxylic acids is 1. The number of sulfone groups is 1. The zero-order valence-corrected chi connectivity index (χ0v) is 11.1. The maximum atomic E-state index is 11.4. The van der Waals surface area contributed by atoms with E-state index in [4.69, 9.17) is 0 Å². The maximum absolute atomic E-state index is 11.4. The fourth-order valence-electron chi connectivity index (χ4n) is 2.78. The van der Waals surface area contributed by atoms with Crippen LogP contribution in [0.5, 0.6) is 0 Å². The summed E-state index contributed by atoms with van der Waals surface area (Å²) in [4.78, 5) is 11.3. The fraction of sp³-hybridized carbons (Fsp3) is 0.462. The minimum Gasteiger partial charge on any atom is -0.388 e. The standard InChI is InChI=1S/C13H15NO4S/c15-12-6-10-5-8(1-2-11(10)14-12)13(16)9-3-4-19(17,18)7-9/h1-2,5,9,13,16H,3-4,6-7H2,(H,14,15). The van der Waals surface area contributed by atoms with Crippen LogP contribution in [0.2, 0.25) is 0 Å². The summed E-state index contributed by atoms with van der Waals surface area (Å²) in [6.45, 7) is 0. The molecular formula is C13H15NO4S. The van der Waals surface area contributed by atoms with Gasteiger partial charge < -0.3 is 10.4 Å². The average molecular weight is 281 g/mol. The van der Waals surface area contributed by atoms with Gasteiger partial charge in [-0.05, 0) is 23.6 Å². The molecule has 0 aromatic heterocycles. The van der Waals surface area contributed by atoms with Gasteiger partial charge in [-0.1, -0.05) is 12.1 Å². The third-order valence-electron chi connectivity index (χ3n) is 3.81. The van der Waals surface area contributed by atoms with Crippen molar-refractivity contribution in [3.63, 3.8) is 0 Å². The molecule has 2 heterocycles.